The molecule has 1 fully saturated rings. The lowest BCUT2D eigenvalue weighted by Crippen LogP contribution is -2.44. The monoisotopic (exact) mass is 379 g/mol. The summed E-state index contributed by atoms with van der Waals surface area (Å²) in [5.41, 5.74) is 6.02. The van der Waals surface area contributed by atoms with Crippen LogP contribution in [0.15, 0.2) is 22.5 Å². The van der Waals surface area contributed by atoms with Crippen LogP contribution in [0.5, 0.6) is 0 Å². The van der Waals surface area contributed by atoms with Crippen molar-refractivity contribution >= 4 is 41.3 Å². The van der Waals surface area contributed by atoms with E-state index in [9.17, 15) is 0 Å². The Kier molecular flexibility index (Phi) is 6.42. The molecular weight excluding hydrogens is 357 g/mol. The smallest absolute Gasteiger partial charge is 0.188 e. The molecule has 0 aromatic carbocycles. The van der Waals surface area contributed by atoms with Gasteiger partial charge in [-0.15, -0.1) is 35.3 Å². The minimum absolute atomic E-state index is 0. The SMILES string of the molecule is CN=C(N)NCC1(c2cccs2)CCCCC1.I. The highest BCUT2D eigenvalue weighted by Gasteiger charge is 2.34. The molecule has 3 N–H and O–H groups in total. The lowest BCUT2D eigenvalue weighted by atomic mass is 9.73. The normalized spacial score (nSPS) is 19.1. The van der Waals surface area contributed by atoms with Gasteiger partial charge in [-0.25, -0.2) is 0 Å². The maximum atomic E-state index is 5.74. The number of hydrogen-bond donors (Lipinski definition) is 2. The summed E-state index contributed by atoms with van der Waals surface area (Å²) >= 11 is 1.87. The lowest BCUT2D eigenvalue weighted by Gasteiger charge is -2.37. The van der Waals surface area contributed by atoms with E-state index in [1.807, 2.05) is 11.3 Å². The molecule has 1 aliphatic carbocycles. The minimum Gasteiger partial charge on any atom is -0.370 e. The molecular formula is C13H22IN3S. The third kappa shape index (κ3) is 3.60. The van der Waals surface area contributed by atoms with E-state index in [0.717, 1.165) is 6.54 Å². The second kappa shape index (κ2) is 7.33. The highest BCUT2D eigenvalue weighted by molar-refractivity contribution is 14.0. The Labute approximate surface area is 130 Å². The molecule has 102 valence electrons. The van der Waals surface area contributed by atoms with Gasteiger partial charge in [-0.05, 0) is 24.3 Å². The highest BCUT2D eigenvalue weighted by atomic mass is 127. The number of nitrogens with two attached hydrogens (primary N) is 1. The van der Waals surface area contributed by atoms with E-state index in [1.165, 1.54) is 37.0 Å². The van der Waals surface area contributed by atoms with Gasteiger partial charge in [0, 0.05) is 23.9 Å². The Morgan fingerprint density at radius 3 is 2.72 bits per heavy atom. The van der Waals surface area contributed by atoms with Crippen LogP contribution in [0.25, 0.3) is 0 Å². The molecule has 0 saturated heterocycles. The summed E-state index contributed by atoms with van der Waals surface area (Å²) in [4.78, 5) is 5.47. The number of guanidine groups is 1. The van der Waals surface area contributed by atoms with Gasteiger partial charge in [-0.1, -0.05) is 25.3 Å². The second-order valence-corrected chi connectivity index (χ2v) is 5.73. The van der Waals surface area contributed by atoms with Crippen LogP contribution in [0.4, 0.5) is 0 Å². The molecule has 1 aromatic rings. The number of nitrogens with zero attached hydrogens (tertiary/aromatic N) is 1. The average Bonchev–Trinajstić information content (AvgIpc) is 2.91. The molecule has 0 bridgehead atoms. The molecule has 0 amide bonds. The molecule has 1 aromatic heterocycles. The zero-order chi connectivity index (χ0) is 12.1. The fourth-order valence-electron chi connectivity index (χ4n) is 2.66. The van der Waals surface area contributed by atoms with Gasteiger partial charge in [0.25, 0.3) is 0 Å². The molecule has 5 heteroatoms. The first-order chi connectivity index (χ1) is 8.27. The number of halogens is 1. The minimum atomic E-state index is 0. The molecule has 0 atom stereocenters. The highest BCUT2D eigenvalue weighted by Crippen LogP contribution is 2.40. The zero-order valence-corrected chi connectivity index (χ0v) is 14.0. The van der Waals surface area contributed by atoms with E-state index >= 15 is 0 Å². The Hall–Kier alpha value is -0.300. The van der Waals surface area contributed by atoms with Crippen molar-refractivity contribution in [3.63, 3.8) is 0 Å². The summed E-state index contributed by atoms with van der Waals surface area (Å²) in [5.74, 6) is 0.548. The summed E-state index contributed by atoms with van der Waals surface area (Å²) in [6.07, 6.45) is 6.53. The topological polar surface area (TPSA) is 50.4 Å². The number of hydrogen-bond acceptors (Lipinski definition) is 2. The van der Waals surface area contributed by atoms with Crippen molar-refractivity contribution in [3.8, 4) is 0 Å². The lowest BCUT2D eigenvalue weighted by molar-refractivity contribution is 0.297. The van der Waals surface area contributed by atoms with E-state index in [4.69, 9.17) is 5.73 Å². The Morgan fingerprint density at radius 2 is 2.17 bits per heavy atom. The fourth-order valence-corrected chi connectivity index (χ4v) is 3.65. The number of nitrogens with one attached hydrogen (secondary N) is 1. The maximum absolute atomic E-state index is 5.74. The third-order valence-electron chi connectivity index (χ3n) is 3.70. The maximum Gasteiger partial charge on any atom is 0.188 e. The fraction of sp³-hybridized carbons (Fsp3) is 0.615. The molecule has 2 rings (SSSR count). The summed E-state index contributed by atoms with van der Waals surface area (Å²) in [7, 11) is 1.72. The molecule has 3 nitrogen and oxygen atoms in total. The van der Waals surface area contributed by atoms with Crippen LogP contribution in [0.2, 0.25) is 0 Å². The van der Waals surface area contributed by atoms with E-state index < -0.39 is 0 Å². The summed E-state index contributed by atoms with van der Waals surface area (Å²) in [6, 6.07) is 4.41. The summed E-state index contributed by atoms with van der Waals surface area (Å²) in [5, 5.41) is 5.44. The van der Waals surface area contributed by atoms with E-state index in [0.29, 0.717) is 5.96 Å². The zero-order valence-electron chi connectivity index (χ0n) is 10.8. The molecule has 18 heavy (non-hydrogen) atoms. The second-order valence-electron chi connectivity index (χ2n) is 4.78. The first kappa shape index (κ1) is 15.8. The molecule has 0 spiro atoms. The molecule has 0 aliphatic heterocycles. The van der Waals surface area contributed by atoms with Crippen LogP contribution >= 0.6 is 35.3 Å². The van der Waals surface area contributed by atoms with Crippen molar-refractivity contribution in [2.24, 2.45) is 10.7 Å². The van der Waals surface area contributed by atoms with Crippen LogP contribution in [0.3, 0.4) is 0 Å². The number of thiophene rings is 1. The summed E-state index contributed by atoms with van der Waals surface area (Å²) in [6.45, 7) is 0.913. The third-order valence-corrected chi connectivity index (χ3v) is 4.82. The largest absolute Gasteiger partial charge is 0.370 e. The Bertz CT molecular complexity index is 370. The molecule has 0 unspecified atom stereocenters. The van der Waals surface area contributed by atoms with Crippen molar-refractivity contribution in [1.29, 1.82) is 0 Å². The quantitative estimate of drug-likeness (QED) is 0.482. The van der Waals surface area contributed by atoms with Crippen LogP contribution in [0.1, 0.15) is 37.0 Å². The van der Waals surface area contributed by atoms with E-state index in [-0.39, 0.29) is 29.4 Å². The summed E-state index contributed by atoms with van der Waals surface area (Å²) < 4.78 is 0. The number of rotatable bonds is 3. The number of aliphatic imine (C=N–C) groups is 1. The average molecular weight is 379 g/mol. The van der Waals surface area contributed by atoms with Gasteiger partial charge in [0.05, 0.1) is 0 Å². The van der Waals surface area contributed by atoms with Crippen LogP contribution < -0.4 is 11.1 Å². The van der Waals surface area contributed by atoms with Crippen LogP contribution in [-0.2, 0) is 5.41 Å². The van der Waals surface area contributed by atoms with Gasteiger partial charge in [-0.3, -0.25) is 4.99 Å². The van der Waals surface area contributed by atoms with Crippen molar-refractivity contribution in [1.82, 2.24) is 5.32 Å². The molecule has 0 radical (unpaired) electrons. The standard InChI is InChI=1S/C13H21N3S.HI/c1-15-12(14)16-10-13(7-3-2-4-8-13)11-6-5-9-17-11;/h5-6,9H,2-4,7-8,10H2,1H3,(H3,14,15,16);1H. The van der Waals surface area contributed by atoms with Crippen molar-refractivity contribution in [3.05, 3.63) is 22.4 Å². The van der Waals surface area contributed by atoms with Gasteiger partial charge in [0.1, 0.15) is 0 Å². The Morgan fingerprint density at radius 1 is 1.44 bits per heavy atom. The molecule has 1 aliphatic rings. The van der Waals surface area contributed by atoms with E-state index in [1.54, 1.807) is 7.05 Å². The Balaban J connectivity index is 0.00000162. The van der Waals surface area contributed by atoms with Gasteiger partial charge >= 0.3 is 0 Å². The van der Waals surface area contributed by atoms with Gasteiger partial charge < -0.3 is 11.1 Å². The predicted octanol–water partition coefficient (Wildman–Crippen LogP) is 3.10. The van der Waals surface area contributed by atoms with Crippen molar-refractivity contribution in [2.45, 2.75) is 37.5 Å². The van der Waals surface area contributed by atoms with Gasteiger partial charge in [-0.2, -0.15) is 0 Å². The first-order valence-electron chi connectivity index (χ1n) is 6.27. The van der Waals surface area contributed by atoms with Gasteiger partial charge in [0.15, 0.2) is 5.96 Å². The molecule has 1 heterocycles. The van der Waals surface area contributed by atoms with E-state index in [2.05, 4.69) is 27.8 Å². The van der Waals surface area contributed by atoms with Crippen LogP contribution in [0, 0.1) is 0 Å². The first-order valence-corrected chi connectivity index (χ1v) is 7.15. The van der Waals surface area contributed by atoms with Crippen molar-refractivity contribution < 1.29 is 0 Å². The molecule has 1 saturated carbocycles. The van der Waals surface area contributed by atoms with Crippen molar-refractivity contribution in [2.75, 3.05) is 13.6 Å². The predicted molar refractivity (Wildman–Crippen MR) is 90.0 cm³/mol. The van der Waals surface area contributed by atoms with Gasteiger partial charge in [0.2, 0.25) is 0 Å². The van der Waals surface area contributed by atoms with Crippen LogP contribution in [-0.4, -0.2) is 19.6 Å².